The van der Waals surface area contributed by atoms with Crippen molar-refractivity contribution in [2.24, 2.45) is 0 Å². The molecule has 0 bridgehead atoms. The van der Waals surface area contributed by atoms with Gasteiger partial charge in [0.2, 0.25) is 0 Å². The van der Waals surface area contributed by atoms with Crippen molar-refractivity contribution < 1.29 is 9.13 Å². The fourth-order valence-corrected chi connectivity index (χ4v) is 1.57. The number of rotatable bonds is 4. The molecule has 0 saturated carbocycles. The van der Waals surface area contributed by atoms with Gasteiger partial charge < -0.3 is 4.74 Å². The van der Waals surface area contributed by atoms with E-state index in [2.05, 4.69) is 5.10 Å². The molecule has 5 heteroatoms. The Kier molecular flexibility index (Phi) is 3.58. The molecule has 0 fully saturated rings. The van der Waals surface area contributed by atoms with Gasteiger partial charge in [-0.1, -0.05) is 13.0 Å². The van der Waals surface area contributed by atoms with Gasteiger partial charge in [-0.3, -0.25) is 4.68 Å². The summed E-state index contributed by atoms with van der Waals surface area (Å²) in [5.41, 5.74) is -0.0965. The van der Waals surface area contributed by atoms with Crippen LogP contribution in [0.2, 0.25) is 0 Å². The fraction of sp³-hybridized carbons (Fsp3) is 0.231. The average molecular weight is 245 g/mol. The summed E-state index contributed by atoms with van der Waals surface area (Å²) in [5, 5.41) is 13.0. The normalized spacial score (nSPS) is 10.1. The average Bonchev–Trinajstić information content (AvgIpc) is 2.77. The zero-order valence-corrected chi connectivity index (χ0v) is 9.93. The number of hydrogen-bond acceptors (Lipinski definition) is 3. The van der Waals surface area contributed by atoms with Crippen LogP contribution in [0.5, 0.6) is 11.5 Å². The van der Waals surface area contributed by atoms with Gasteiger partial charge in [0.1, 0.15) is 23.2 Å². The predicted molar refractivity (Wildman–Crippen MR) is 63.7 cm³/mol. The van der Waals surface area contributed by atoms with E-state index in [-0.39, 0.29) is 11.3 Å². The summed E-state index contributed by atoms with van der Waals surface area (Å²) in [5.74, 6) is 0.107. The quantitative estimate of drug-likeness (QED) is 0.831. The van der Waals surface area contributed by atoms with Gasteiger partial charge in [0.05, 0.1) is 12.4 Å². The molecule has 1 heterocycles. The number of benzene rings is 1. The maximum atomic E-state index is 13.4. The van der Waals surface area contributed by atoms with Crippen molar-refractivity contribution in [3.8, 4) is 17.6 Å². The molecule has 1 aromatic heterocycles. The van der Waals surface area contributed by atoms with Crippen molar-refractivity contribution >= 4 is 0 Å². The lowest BCUT2D eigenvalue weighted by Gasteiger charge is -2.04. The molecule has 2 rings (SSSR count). The van der Waals surface area contributed by atoms with Crippen LogP contribution in [-0.4, -0.2) is 9.78 Å². The highest BCUT2D eigenvalue weighted by atomic mass is 19.1. The SMILES string of the molecule is CCCn1cc(Oc2cccc(F)c2C#N)cn1. The van der Waals surface area contributed by atoms with Crippen LogP contribution in [0.4, 0.5) is 4.39 Å². The molecule has 92 valence electrons. The number of hydrogen-bond donors (Lipinski definition) is 0. The number of ether oxygens (including phenoxy) is 1. The molecule has 0 spiro atoms. The van der Waals surface area contributed by atoms with E-state index in [4.69, 9.17) is 10.00 Å². The summed E-state index contributed by atoms with van der Waals surface area (Å²) in [6.45, 7) is 2.83. The Morgan fingerprint density at radius 3 is 3.06 bits per heavy atom. The van der Waals surface area contributed by atoms with E-state index in [9.17, 15) is 4.39 Å². The summed E-state index contributed by atoms with van der Waals surface area (Å²) in [6, 6.07) is 6.07. The zero-order valence-electron chi connectivity index (χ0n) is 9.93. The zero-order chi connectivity index (χ0) is 13.0. The molecule has 0 N–H and O–H groups in total. The van der Waals surface area contributed by atoms with Crippen LogP contribution in [0.25, 0.3) is 0 Å². The molecule has 2 aromatic rings. The highest BCUT2D eigenvalue weighted by Gasteiger charge is 2.10. The number of nitrogens with zero attached hydrogens (tertiary/aromatic N) is 3. The molecule has 1 aromatic carbocycles. The molecule has 18 heavy (non-hydrogen) atoms. The Balaban J connectivity index is 2.23. The summed E-state index contributed by atoms with van der Waals surface area (Å²) < 4.78 is 20.6. The van der Waals surface area contributed by atoms with Crippen molar-refractivity contribution in [2.45, 2.75) is 19.9 Å². The van der Waals surface area contributed by atoms with E-state index in [0.29, 0.717) is 5.75 Å². The molecule has 0 aliphatic heterocycles. The second-order valence-corrected chi connectivity index (χ2v) is 3.77. The van der Waals surface area contributed by atoms with Crippen LogP contribution in [0, 0.1) is 17.1 Å². The van der Waals surface area contributed by atoms with E-state index >= 15 is 0 Å². The van der Waals surface area contributed by atoms with Crippen LogP contribution >= 0.6 is 0 Å². The van der Waals surface area contributed by atoms with Crippen molar-refractivity contribution in [2.75, 3.05) is 0 Å². The first-order chi connectivity index (χ1) is 8.74. The second kappa shape index (κ2) is 5.32. The first kappa shape index (κ1) is 12.1. The summed E-state index contributed by atoms with van der Waals surface area (Å²) in [6.07, 6.45) is 4.22. The highest BCUT2D eigenvalue weighted by Crippen LogP contribution is 2.26. The Hall–Kier alpha value is -2.35. The summed E-state index contributed by atoms with van der Waals surface area (Å²) >= 11 is 0. The third kappa shape index (κ3) is 2.48. The van der Waals surface area contributed by atoms with Crippen LogP contribution in [0.3, 0.4) is 0 Å². The minimum absolute atomic E-state index is 0.0965. The Labute approximate surface area is 104 Å². The molecule has 0 unspecified atom stereocenters. The lowest BCUT2D eigenvalue weighted by Crippen LogP contribution is -1.95. The van der Waals surface area contributed by atoms with Gasteiger partial charge in [-0.05, 0) is 18.6 Å². The molecule has 0 amide bonds. The molecule has 0 aliphatic carbocycles. The third-order valence-electron chi connectivity index (χ3n) is 2.38. The van der Waals surface area contributed by atoms with Gasteiger partial charge in [0.25, 0.3) is 0 Å². The fourth-order valence-electron chi connectivity index (χ4n) is 1.57. The van der Waals surface area contributed by atoms with E-state index in [0.717, 1.165) is 13.0 Å². The standard InChI is InChI=1S/C13H12FN3O/c1-2-6-17-9-10(8-16-17)18-13-5-3-4-12(14)11(13)7-15/h3-5,8-9H,2,6H2,1H3. The Morgan fingerprint density at radius 1 is 1.50 bits per heavy atom. The minimum Gasteiger partial charge on any atom is -0.453 e. The monoisotopic (exact) mass is 245 g/mol. The maximum Gasteiger partial charge on any atom is 0.165 e. The van der Waals surface area contributed by atoms with Gasteiger partial charge >= 0.3 is 0 Å². The second-order valence-electron chi connectivity index (χ2n) is 3.77. The molecule has 0 saturated heterocycles. The lowest BCUT2D eigenvalue weighted by molar-refractivity contribution is 0.472. The van der Waals surface area contributed by atoms with E-state index in [1.54, 1.807) is 29.2 Å². The van der Waals surface area contributed by atoms with Crippen molar-refractivity contribution in [1.29, 1.82) is 5.26 Å². The maximum absolute atomic E-state index is 13.4. The van der Waals surface area contributed by atoms with Gasteiger partial charge in [-0.25, -0.2) is 4.39 Å². The molecular weight excluding hydrogens is 233 g/mol. The van der Waals surface area contributed by atoms with Crippen LogP contribution in [0.1, 0.15) is 18.9 Å². The van der Waals surface area contributed by atoms with E-state index < -0.39 is 5.82 Å². The van der Waals surface area contributed by atoms with Gasteiger partial charge in [-0.15, -0.1) is 0 Å². The largest absolute Gasteiger partial charge is 0.453 e. The predicted octanol–water partition coefficient (Wildman–Crippen LogP) is 3.10. The molecule has 0 atom stereocenters. The van der Waals surface area contributed by atoms with Crippen molar-refractivity contribution in [3.63, 3.8) is 0 Å². The Morgan fingerprint density at radius 2 is 2.33 bits per heavy atom. The van der Waals surface area contributed by atoms with Crippen molar-refractivity contribution in [1.82, 2.24) is 9.78 Å². The summed E-state index contributed by atoms with van der Waals surface area (Å²) in [4.78, 5) is 0. The smallest absolute Gasteiger partial charge is 0.165 e. The third-order valence-corrected chi connectivity index (χ3v) is 2.38. The topological polar surface area (TPSA) is 50.8 Å². The van der Waals surface area contributed by atoms with E-state index in [1.807, 2.05) is 6.92 Å². The highest BCUT2D eigenvalue weighted by molar-refractivity contribution is 5.45. The first-order valence-corrected chi connectivity index (χ1v) is 5.63. The number of nitriles is 1. The first-order valence-electron chi connectivity index (χ1n) is 5.63. The Bertz CT molecular complexity index is 586. The van der Waals surface area contributed by atoms with Crippen molar-refractivity contribution in [3.05, 3.63) is 42.0 Å². The van der Waals surface area contributed by atoms with Gasteiger partial charge in [-0.2, -0.15) is 10.4 Å². The number of halogens is 1. The van der Waals surface area contributed by atoms with Crippen LogP contribution in [-0.2, 0) is 6.54 Å². The molecule has 4 nitrogen and oxygen atoms in total. The van der Waals surface area contributed by atoms with Crippen LogP contribution in [0.15, 0.2) is 30.6 Å². The number of aryl methyl sites for hydroxylation is 1. The van der Waals surface area contributed by atoms with Gasteiger partial charge in [0, 0.05) is 6.54 Å². The lowest BCUT2D eigenvalue weighted by atomic mass is 10.2. The van der Waals surface area contributed by atoms with Crippen LogP contribution < -0.4 is 4.74 Å². The van der Waals surface area contributed by atoms with Gasteiger partial charge in [0.15, 0.2) is 5.75 Å². The molecule has 0 aliphatic rings. The molecular formula is C13H12FN3O. The number of aromatic nitrogens is 2. The summed E-state index contributed by atoms with van der Waals surface area (Å²) in [7, 11) is 0. The minimum atomic E-state index is -0.587. The van der Waals surface area contributed by atoms with E-state index in [1.165, 1.54) is 12.1 Å². The molecule has 0 radical (unpaired) electrons.